The number of carboxylic acids is 1. The normalized spacial score (nSPS) is 13.1. The smallest absolute Gasteiger partial charge is 0.339 e. The number of nitro groups is 2. The van der Waals surface area contributed by atoms with E-state index >= 15 is 0 Å². The number of aryl methyl sites for hydroxylation is 2. The lowest BCUT2D eigenvalue weighted by Gasteiger charge is -2.11. The van der Waals surface area contributed by atoms with E-state index in [-0.39, 0.29) is 5.69 Å². The number of hydrogen-bond acceptors (Lipinski definition) is 8. The molecule has 0 bridgehead atoms. The molecule has 0 spiro atoms. The Hall–Kier alpha value is -4.06. The van der Waals surface area contributed by atoms with E-state index in [1.165, 1.54) is 23.6 Å². The molecule has 2 aromatic heterocycles. The molecule has 0 amide bonds. The maximum atomic E-state index is 12.1. The number of carbonyl (C=O) groups is 1. The lowest BCUT2D eigenvalue weighted by molar-refractivity contribution is -0.393. The number of carboxylic acid groups (broad SMARTS) is 1. The molecule has 176 valence electrons. The van der Waals surface area contributed by atoms with Gasteiger partial charge in [-0.2, -0.15) is 5.10 Å². The summed E-state index contributed by atoms with van der Waals surface area (Å²) in [4.78, 5) is 34.0. The molecule has 1 aromatic carbocycles. The summed E-state index contributed by atoms with van der Waals surface area (Å²) in [6.07, 6.45) is 5.16. The van der Waals surface area contributed by atoms with E-state index in [1.54, 1.807) is 0 Å². The second-order valence-electron chi connectivity index (χ2n) is 7.94. The lowest BCUT2D eigenvalue weighted by atomic mass is 9.95. The Morgan fingerprint density at radius 3 is 2.59 bits per heavy atom. The third kappa shape index (κ3) is 4.15. The van der Waals surface area contributed by atoms with E-state index in [9.17, 15) is 30.1 Å². The van der Waals surface area contributed by atoms with Crippen molar-refractivity contribution >= 4 is 40.6 Å². The molecule has 4 rings (SSSR count). The SMILES string of the molecule is Cc1cc(/C=N\Nc2ccc([N+](=O)[O-])cc2[N+](=O)[O-])c(C)n1-c1sc2c(c1C(=O)O)CCCC2. The number of thiophene rings is 1. The molecule has 12 heteroatoms. The number of rotatable bonds is 7. The van der Waals surface area contributed by atoms with Crippen LogP contribution < -0.4 is 5.43 Å². The topological polar surface area (TPSA) is 153 Å². The number of nitrogens with one attached hydrogen (secondary N) is 1. The van der Waals surface area contributed by atoms with Crippen LogP contribution >= 0.6 is 11.3 Å². The number of fused-ring (bicyclic) bond motifs is 1. The number of non-ortho nitro benzene ring substituents is 1. The molecule has 0 fully saturated rings. The highest BCUT2D eigenvalue weighted by molar-refractivity contribution is 7.15. The Bertz CT molecular complexity index is 1360. The van der Waals surface area contributed by atoms with Gasteiger partial charge in [0.2, 0.25) is 0 Å². The number of anilines is 1. The number of benzene rings is 1. The fraction of sp³-hybridized carbons (Fsp3) is 0.273. The van der Waals surface area contributed by atoms with Gasteiger partial charge >= 0.3 is 11.7 Å². The minimum absolute atomic E-state index is 0.0137. The average Bonchev–Trinajstić information content (AvgIpc) is 3.30. The molecule has 0 atom stereocenters. The zero-order valence-corrected chi connectivity index (χ0v) is 19.2. The summed E-state index contributed by atoms with van der Waals surface area (Å²) in [5.74, 6) is -0.940. The van der Waals surface area contributed by atoms with Crippen molar-refractivity contribution in [2.75, 3.05) is 5.43 Å². The number of aromatic carboxylic acids is 1. The molecular formula is C22H21N5O6S. The molecule has 34 heavy (non-hydrogen) atoms. The lowest BCUT2D eigenvalue weighted by Crippen LogP contribution is -2.09. The van der Waals surface area contributed by atoms with Gasteiger partial charge in [-0.05, 0) is 57.2 Å². The van der Waals surface area contributed by atoms with Crippen LogP contribution in [0.1, 0.15) is 50.6 Å². The fourth-order valence-electron chi connectivity index (χ4n) is 4.21. The molecule has 2 heterocycles. The van der Waals surface area contributed by atoms with Crippen molar-refractivity contribution in [3.63, 3.8) is 0 Å². The molecule has 1 aliphatic carbocycles. The highest BCUT2D eigenvalue weighted by atomic mass is 32.1. The molecule has 0 aliphatic heterocycles. The maximum absolute atomic E-state index is 12.1. The van der Waals surface area contributed by atoms with Gasteiger partial charge in [0.15, 0.2) is 0 Å². The van der Waals surface area contributed by atoms with Crippen LogP contribution in [0.4, 0.5) is 17.1 Å². The molecule has 0 radical (unpaired) electrons. The van der Waals surface area contributed by atoms with E-state index in [4.69, 9.17) is 0 Å². The number of hydrazone groups is 1. The van der Waals surface area contributed by atoms with Crippen LogP contribution in [0.25, 0.3) is 5.00 Å². The average molecular weight is 484 g/mol. The fourth-order valence-corrected chi connectivity index (χ4v) is 5.70. The first-order chi connectivity index (χ1) is 16.2. The van der Waals surface area contributed by atoms with E-state index in [0.717, 1.165) is 59.6 Å². The number of nitrogens with zero attached hydrogens (tertiary/aromatic N) is 4. The summed E-state index contributed by atoms with van der Waals surface area (Å²) >= 11 is 1.51. The molecule has 11 nitrogen and oxygen atoms in total. The highest BCUT2D eigenvalue weighted by Gasteiger charge is 2.27. The molecule has 1 aliphatic rings. The number of nitro benzene ring substituents is 2. The predicted octanol–water partition coefficient (Wildman–Crippen LogP) is 5.00. The van der Waals surface area contributed by atoms with Gasteiger partial charge in [0.1, 0.15) is 10.7 Å². The van der Waals surface area contributed by atoms with Crippen LogP contribution in [0.3, 0.4) is 0 Å². The van der Waals surface area contributed by atoms with E-state index < -0.39 is 27.2 Å². The molecule has 2 N–H and O–H groups in total. The number of hydrogen-bond donors (Lipinski definition) is 2. The Morgan fingerprint density at radius 2 is 1.91 bits per heavy atom. The molecule has 0 saturated heterocycles. The summed E-state index contributed by atoms with van der Waals surface area (Å²) in [6.45, 7) is 3.73. The first-order valence-corrected chi connectivity index (χ1v) is 11.3. The van der Waals surface area contributed by atoms with Gasteiger partial charge in [-0.3, -0.25) is 25.7 Å². The van der Waals surface area contributed by atoms with Crippen LogP contribution in [-0.2, 0) is 12.8 Å². The Kier molecular flexibility index (Phi) is 6.16. The third-order valence-electron chi connectivity index (χ3n) is 5.82. The number of aromatic nitrogens is 1. The van der Waals surface area contributed by atoms with Crippen LogP contribution in [0, 0.1) is 34.1 Å². The minimum atomic E-state index is -0.940. The zero-order chi connectivity index (χ0) is 24.6. The van der Waals surface area contributed by atoms with Crippen molar-refractivity contribution in [3.8, 4) is 5.00 Å². The second kappa shape index (κ2) is 9.06. The minimum Gasteiger partial charge on any atom is -0.478 e. The second-order valence-corrected chi connectivity index (χ2v) is 9.03. The third-order valence-corrected chi connectivity index (χ3v) is 7.09. The van der Waals surface area contributed by atoms with Crippen molar-refractivity contribution in [2.24, 2.45) is 5.10 Å². The molecular weight excluding hydrogens is 462 g/mol. The predicted molar refractivity (Wildman–Crippen MR) is 128 cm³/mol. The van der Waals surface area contributed by atoms with Crippen LogP contribution in [-0.4, -0.2) is 31.7 Å². The van der Waals surface area contributed by atoms with Gasteiger partial charge in [0.05, 0.1) is 27.7 Å². The summed E-state index contributed by atoms with van der Waals surface area (Å²) in [5.41, 5.74) is 5.33. The van der Waals surface area contributed by atoms with Crippen molar-refractivity contribution < 1.29 is 19.7 Å². The Morgan fingerprint density at radius 1 is 1.18 bits per heavy atom. The monoisotopic (exact) mass is 483 g/mol. The van der Waals surface area contributed by atoms with Gasteiger partial charge in [-0.25, -0.2) is 4.79 Å². The van der Waals surface area contributed by atoms with E-state index in [0.29, 0.717) is 16.1 Å². The summed E-state index contributed by atoms with van der Waals surface area (Å²) < 4.78 is 1.90. The van der Waals surface area contributed by atoms with Gasteiger partial charge in [0.25, 0.3) is 5.69 Å². The Balaban J connectivity index is 1.66. The van der Waals surface area contributed by atoms with Crippen molar-refractivity contribution in [3.05, 3.63) is 77.4 Å². The molecule has 0 unspecified atom stereocenters. The summed E-state index contributed by atoms with van der Waals surface area (Å²) in [7, 11) is 0. The summed E-state index contributed by atoms with van der Waals surface area (Å²) in [6, 6.07) is 5.11. The largest absolute Gasteiger partial charge is 0.478 e. The molecule has 3 aromatic rings. The van der Waals surface area contributed by atoms with Crippen molar-refractivity contribution in [1.82, 2.24) is 4.57 Å². The quantitative estimate of drug-likeness (QED) is 0.272. The summed E-state index contributed by atoms with van der Waals surface area (Å²) in [5, 5.41) is 36.9. The first kappa shape index (κ1) is 23.1. The van der Waals surface area contributed by atoms with Crippen molar-refractivity contribution in [2.45, 2.75) is 39.5 Å². The first-order valence-electron chi connectivity index (χ1n) is 10.5. The van der Waals surface area contributed by atoms with E-state index in [1.807, 2.05) is 24.5 Å². The molecule has 0 saturated carbocycles. The van der Waals surface area contributed by atoms with E-state index in [2.05, 4.69) is 10.5 Å². The standard InChI is InChI=1S/C22H21N5O6S/c1-12-9-14(11-23-24-17-8-7-15(26(30)31)10-18(17)27(32)33)13(2)25(12)21-20(22(28)29)16-5-3-4-6-19(16)34-21/h7-11,24H,3-6H2,1-2H3,(H,28,29)/b23-11-. The van der Waals surface area contributed by atoms with Gasteiger partial charge < -0.3 is 9.67 Å². The maximum Gasteiger partial charge on any atom is 0.339 e. The van der Waals surface area contributed by atoms with Gasteiger partial charge in [-0.15, -0.1) is 11.3 Å². The van der Waals surface area contributed by atoms with Gasteiger partial charge in [0, 0.05) is 27.9 Å². The van der Waals surface area contributed by atoms with Gasteiger partial charge in [-0.1, -0.05) is 0 Å². The van der Waals surface area contributed by atoms with Crippen LogP contribution in [0.2, 0.25) is 0 Å². The van der Waals surface area contributed by atoms with Crippen LogP contribution in [0.15, 0.2) is 29.4 Å². The van der Waals surface area contributed by atoms with Crippen LogP contribution in [0.5, 0.6) is 0 Å². The zero-order valence-electron chi connectivity index (χ0n) is 18.4. The van der Waals surface area contributed by atoms with Crippen molar-refractivity contribution in [1.29, 1.82) is 0 Å². The Labute approximate surface area is 197 Å². The highest BCUT2D eigenvalue weighted by Crippen LogP contribution is 2.38.